The molecule has 2 aromatic heterocycles. The fourth-order valence-electron chi connectivity index (χ4n) is 6.16. The maximum atomic E-state index is 13.8. The summed E-state index contributed by atoms with van der Waals surface area (Å²) in [5, 5.41) is 7.81. The molecule has 0 unspecified atom stereocenters. The van der Waals surface area contributed by atoms with Gasteiger partial charge in [0.2, 0.25) is 17.7 Å². The summed E-state index contributed by atoms with van der Waals surface area (Å²) in [6.07, 6.45) is -12.3. The molecule has 0 atom stereocenters. The van der Waals surface area contributed by atoms with Crippen LogP contribution in [-0.4, -0.2) is 58.2 Å². The number of carbonyl (C=O) groups is 2. The molecule has 2 amide bonds. The average molecular weight is 745 g/mol. The maximum absolute atomic E-state index is 13.8. The van der Waals surface area contributed by atoms with E-state index in [4.69, 9.17) is 27.9 Å². The number of aromatic nitrogens is 3. The molecule has 0 bridgehead atoms. The van der Waals surface area contributed by atoms with Crippen molar-refractivity contribution in [2.75, 3.05) is 11.9 Å². The largest absolute Gasteiger partial charge is 0.471 e. The van der Waals surface area contributed by atoms with Crippen molar-refractivity contribution in [3.8, 4) is 5.88 Å². The van der Waals surface area contributed by atoms with Crippen LogP contribution in [0, 0.1) is 11.3 Å². The lowest BCUT2D eigenvalue weighted by atomic mass is 9.84. The summed E-state index contributed by atoms with van der Waals surface area (Å²) in [4.78, 5) is 37.1. The molecule has 0 saturated heterocycles. The molecule has 2 saturated carbocycles. The fourth-order valence-corrected chi connectivity index (χ4v) is 6.69. The van der Waals surface area contributed by atoms with Gasteiger partial charge in [-0.25, -0.2) is 8.78 Å². The number of aromatic amines is 1. The number of hydrogen-bond donors (Lipinski definition) is 4. The van der Waals surface area contributed by atoms with Crippen LogP contribution in [0.5, 0.6) is 5.88 Å². The van der Waals surface area contributed by atoms with Gasteiger partial charge in [0.05, 0.1) is 27.2 Å². The molecule has 0 aliphatic heterocycles. The molecule has 0 radical (unpaired) electrons. The molecule has 9 nitrogen and oxygen atoms in total. The average Bonchev–Trinajstić information content (AvgIpc) is 3.69. The summed E-state index contributed by atoms with van der Waals surface area (Å²) in [5.41, 5.74) is -2.41. The van der Waals surface area contributed by atoms with Crippen LogP contribution in [0.15, 0.2) is 18.2 Å². The number of pyridine rings is 1. The zero-order chi connectivity index (χ0) is 35.7. The van der Waals surface area contributed by atoms with Gasteiger partial charge in [0, 0.05) is 12.6 Å². The fraction of sp³-hybridized carbons (Fsp3) is 0.533. The molecule has 4 N–H and O–H groups in total. The van der Waals surface area contributed by atoms with E-state index < -0.39 is 60.5 Å². The van der Waals surface area contributed by atoms with E-state index in [0.717, 1.165) is 0 Å². The predicted molar refractivity (Wildman–Crippen MR) is 163 cm³/mol. The summed E-state index contributed by atoms with van der Waals surface area (Å²) in [6.45, 7) is -1.45. The van der Waals surface area contributed by atoms with Crippen LogP contribution in [0.25, 0.3) is 11.2 Å². The molecular formula is C30H30Cl2F8N6O3. The van der Waals surface area contributed by atoms with Gasteiger partial charge < -0.3 is 25.7 Å². The minimum Gasteiger partial charge on any atom is -0.471 e. The highest BCUT2D eigenvalue weighted by Gasteiger charge is 2.60. The first kappa shape index (κ1) is 36.7. The summed E-state index contributed by atoms with van der Waals surface area (Å²) in [5.74, 6) is -3.96. The van der Waals surface area contributed by atoms with E-state index in [0.29, 0.717) is 0 Å². The first-order valence-electron chi connectivity index (χ1n) is 15.3. The number of H-pyrrole nitrogens is 1. The van der Waals surface area contributed by atoms with Crippen LogP contribution in [0.1, 0.15) is 67.3 Å². The van der Waals surface area contributed by atoms with Gasteiger partial charge in [0.25, 0.3) is 12.3 Å². The summed E-state index contributed by atoms with van der Waals surface area (Å²) >= 11 is 12.9. The van der Waals surface area contributed by atoms with E-state index in [2.05, 4.69) is 30.9 Å². The summed E-state index contributed by atoms with van der Waals surface area (Å²) in [7, 11) is 0. The number of halogens is 10. The molecule has 2 aliphatic rings. The molecule has 5 rings (SSSR count). The van der Waals surface area contributed by atoms with E-state index in [1.165, 1.54) is 18.2 Å². The Morgan fingerprint density at radius 3 is 2.31 bits per heavy atom. The molecule has 1 aromatic carbocycles. The van der Waals surface area contributed by atoms with Crippen molar-refractivity contribution in [1.82, 2.24) is 25.6 Å². The summed E-state index contributed by atoms with van der Waals surface area (Å²) < 4.78 is 112. The number of hydrogen-bond acceptors (Lipinski definition) is 6. The van der Waals surface area contributed by atoms with Gasteiger partial charge in [-0.1, -0.05) is 42.1 Å². The number of carbonyl (C=O) groups excluding carboxylic acids is 2. The Balaban J connectivity index is 1.34. The molecule has 2 aliphatic carbocycles. The first-order chi connectivity index (χ1) is 23.0. The number of fused-ring (bicyclic) bond motifs is 1. The van der Waals surface area contributed by atoms with Gasteiger partial charge in [0.15, 0.2) is 12.3 Å². The van der Waals surface area contributed by atoms with Gasteiger partial charge in [-0.05, 0) is 56.2 Å². The number of nitrogens with one attached hydrogen (secondary N) is 4. The SMILES string of the molecule is O=C(N[C@H]1CC[C@H](C(F)(F)F)CC1)c1cc2[nH]c(Nc3c(Cl)ccc(CNC(=O)C4(C(F)(F)F)CCCC4)c3Cl)nc2nc1OCC(F)F. The number of anilines is 2. The summed E-state index contributed by atoms with van der Waals surface area (Å²) in [6, 6.07) is 3.46. The van der Waals surface area contributed by atoms with Crippen molar-refractivity contribution in [3.05, 3.63) is 39.4 Å². The Morgan fingerprint density at radius 2 is 1.69 bits per heavy atom. The minimum absolute atomic E-state index is 0.0442. The molecular weight excluding hydrogens is 715 g/mol. The van der Waals surface area contributed by atoms with E-state index in [1.54, 1.807) is 0 Å². The van der Waals surface area contributed by atoms with Crippen LogP contribution >= 0.6 is 23.2 Å². The molecule has 2 fully saturated rings. The zero-order valence-corrected chi connectivity index (χ0v) is 26.9. The molecule has 3 aromatic rings. The Hall–Kier alpha value is -3.60. The van der Waals surface area contributed by atoms with Crippen LogP contribution in [-0.2, 0) is 11.3 Å². The van der Waals surface area contributed by atoms with Crippen molar-refractivity contribution in [2.24, 2.45) is 11.3 Å². The number of benzene rings is 1. The second kappa shape index (κ2) is 14.3. The number of nitrogens with zero attached hydrogens (tertiary/aromatic N) is 2. The van der Waals surface area contributed by atoms with E-state index in [-0.39, 0.29) is 102 Å². The Labute approximate surface area is 283 Å². The third-order valence-electron chi connectivity index (χ3n) is 8.84. The Morgan fingerprint density at radius 1 is 1.02 bits per heavy atom. The number of ether oxygens (including phenoxy) is 1. The maximum Gasteiger partial charge on any atom is 0.403 e. The molecule has 19 heteroatoms. The van der Waals surface area contributed by atoms with Gasteiger partial charge in [0.1, 0.15) is 11.0 Å². The van der Waals surface area contributed by atoms with Crippen molar-refractivity contribution in [1.29, 1.82) is 0 Å². The van der Waals surface area contributed by atoms with Crippen LogP contribution < -0.4 is 20.7 Å². The van der Waals surface area contributed by atoms with Gasteiger partial charge in [-0.3, -0.25) is 9.59 Å². The van der Waals surface area contributed by atoms with Gasteiger partial charge in [-0.15, -0.1) is 0 Å². The third-order valence-corrected chi connectivity index (χ3v) is 9.59. The lowest BCUT2D eigenvalue weighted by Crippen LogP contribution is -2.48. The van der Waals surface area contributed by atoms with Crippen molar-refractivity contribution < 1.29 is 49.4 Å². The van der Waals surface area contributed by atoms with Crippen molar-refractivity contribution >= 4 is 57.8 Å². The Bertz CT molecular complexity index is 1690. The van der Waals surface area contributed by atoms with Crippen LogP contribution in [0.4, 0.5) is 46.8 Å². The highest BCUT2D eigenvalue weighted by Crippen LogP contribution is 2.50. The van der Waals surface area contributed by atoms with E-state index in [1.807, 2.05) is 0 Å². The number of rotatable bonds is 10. The molecule has 268 valence electrons. The topological polar surface area (TPSA) is 121 Å². The normalized spacial score (nSPS) is 19.7. The smallest absolute Gasteiger partial charge is 0.403 e. The van der Waals surface area contributed by atoms with Crippen LogP contribution in [0.3, 0.4) is 0 Å². The lowest BCUT2D eigenvalue weighted by molar-refractivity contribution is -0.220. The second-order valence-corrected chi connectivity index (χ2v) is 12.8. The molecule has 2 heterocycles. The van der Waals surface area contributed by atoms with E-state index in [9.17, 15) is 44.7 Å². The quantitative estimate of drug-likeness (QED) is 0.155. The standard InChI is InChI=1S/C30H30Cl2F8N6O3/c31-18-8-3-14(12-41-26(48)28(30(38,39)40)9-1-2-10-28)21(32)22(18)44-27-43-19-11-17(25(45-23(19)46-27)49-13-20(33)34)24(47)42-16-6-4-15(5-7-16)29(35,36)37/h3,8,11,15-16,20H,1-2,4-7,9-10,12-13H2,(H,41,48)(H,42,47)(H2,43,44,45,46)/t15-,16-. The van der Waals surface area contributed by atoms with Crippen molar-refractivity contribution in [3.63, 3.8) is 0 Å². The highest BCUT2D eigenvalue weighted by molar-refractivity contribution is 6.39. The third kappa shape index (κ3) is 8.08. The minimum atomic E-state index is -4.72. The highest BCUT2D eigenvalue weighted by atomic mass is 35.5. The first-order valence-corrected chi connectivity index (χ1v) is 16.0. The van der Waals surface area contributed by atoms with Crippen molar-refractivity contribution in [2.45, 2.75) is 82.7 Å². The zero-order valence-electron chi connectivity index (χ0n) is 25.4. The predicted octanol–water partition coefficient (Wildman–Crippen LogP) is 8.24. The van der Waals surface area contributed by atoms with Gasteiger partial charge in [-0.2, -0.15) is 36.3 Å². The lowest BCUT2D eigenvalue weighted by Gasteiger charge is -2.30. The van der Waals surface area contributed by atoms with Crippen LogP contribution in [0.2, 0.25) is 10.0 Å². The van der Waals surface area contributed by atoms with E-state index >= 15 is 0 Å². The molecule has 49 heavy (non-hydrogen) atoms. The van der Waals surface area contributed by atoms with Gasteiger partial charge >= 0.3 is 12.4 Å². The number of imidazole rings is 1. The molecule has 0 spiro atoms. The number of alkyl halides is 8. The second-order valence-electron chi connectivity index (χ2n) is 12.1. The Kier molecular flexibility index (Phi) is 10.7. The monoisotopic (exact) mass is 744 g/mol. The number of amides is 2.